The molecule has 0 saturated heterocycles. The molecule has 1 rings (SSSR count). The Morgan fingerprint density at radius 3 is 2.37 bits per heavy atom. The predicted octanol–water partition coefficient (Wildman–Crippen LogP) is -0.744. The second-order valence-electron chi connectivity index (χ2n) is 3.46. The van der Waals surface area contributed by atoms with E-state index in [9.17, 15) is 21.2 Å². The zero-order valence-corrected chi connectivity index (χ0v) is 12.0. The molecule has 0 heterocycles. The number of nitrogens with one attached hydrogen (secondary N) is 2. The monoisotopic (exact) mass is 327 g/mol. The number of rotatable bonds is 4. The minimum atomic E-state index is -4.34. The van der Waals surface area contributed by atoms with Gasteiger partial charge in [-0.25, -0.2) is 21.2 Å². The Morgan fingerprint density at radius 1 is 1.32 bits per heavy atom. The zero-order valence-electron chi connectivity index (χ0n) is 9.55. The first-order chi connectivity index (χ1) is 8.54. The Bertz CT molecular complexity index is 715. The van der Waals surface area contributed by atoms with Crippen LogP contribution < -0.4 is 16.0 Å². The van der Waals surface area contributed by atoms with Crippen molar-refractivity contribution in [1.82, 2.24) is 10.3 Å². The second-order valence-corrected chi connectivity index (χ2v) is 7.57. The van der Waals surface area contributed by atoms with Crippen LogP contribution in [0.5, 0.6) is 0 Å². The van der Waals surface area contributed by atoms with Crippen LogP contribution in [0.15, 0.2) is 28.0 Å². The molecule has 106 valence electrons. The number of halogens is 1. The Morgan fingerprint density at radius 2 is 1.89 bits per heavy atom. The predicted molar refractivity (Wildman–Crippen MR) is 69.8 cm³/mol. The number of sulfone groups is 1. The zero-order chi connectivity index (χ0) is 14.8. The summed E-state index contributed by atoms with van der Waals surface area (Å²) in [6.45, 7) is 0. The quantitative estimate of drug-likeness (QED) is 0.378. The van der Waals surface area contributed by atoms with Gasteiger partial charge in [-0.2, -0.15) is 0 Å². The lowest BCUT2D eigenvalue weighted by Crippen LogP contribution is -2.44. The largest absolute Gasteiger partial charge is 0.375 e. The highest BCUT2D eigenvalue weighted by Gasteiger charge is 2.21. The van der Waals surface area contributed by atoms with E-state index in [0.29, 0.717) is 6.07 Å². The van der Waals surface area contributed by atoms with Crippen molar-refractivity contribution >= 4 is 37.2 Å². The normalized spacial score (nSPS) is 12.1. The molecule has 0 aliphatic rings. The van der Waals surface area contributed by atoms with Gasteiger partial charge < -0.3 is 5.73 Å². The molecule has 0 fully saturated rings. The lowest BCUT2D eigenvalue weighted by molar-refractivity contribution is 0.552. The van der Waals surface area contributed by atoms with Crippen molar-refractivity contribution in [2.24, 2.45) is 5.73 Å². The molecule has 0 aromatic heterocycles. The Labute approximate surface area is 114 Å². The van der Waals surface area contributed by atoms with Gasteiger partial charge in [0.25, 0.3) is 10.0 Å². The van der Waals surface area contributed by atoms with Crippen LogP contribution in [0.1, 0.15) is 0 Å². The summed E-state index contributed by atoms with van der Waals surface area (Å²) in [5.74, 6) is -1.11. The van der Waals surface area contributed by atoms with E-state index in [2.05, 4.69) is 12.2 Å². The van der Waals surface area contributed by atoms with E-state index < -0.39 is 30.6 Å². The van der Waals surface area contributed by atoms with E-state index >= 15 is 0 Å². The maximum Gasteiger partial charge on any atom is 0.260 e. The highest BCUT2D eigenvalue weighted by atomic mass is 32.2. The molecule has 7 nitrogen and oxygen atoms in total. The third-order valence-electron chi connectivity index (χ3n) is 1.93. The maximum absolute atomic E-state index is 13.5. The van der Waals surface area contributed by atoms with Crippen molar-refractivity contribution in [3.63, 3.8) is 0 Å². The Kier molecular flexibility index (Phi) is 4.45. The van der Waals surface area contributed by atoms with Gasteiger partial charge in [0.1, 0.15) is 10.7 Å². The number of nitrogens with two attached hydrogens (primary N) is 1. The molecule has 0 aliphatic carbocycles. The van der Waals surface area contributed by atoms with Gasteiger partial charge in [0.15, 0.2) is 14.9 Å². The number of hydrogen-bond donors (Lipinski definition) is 3. The van der Waals surface area contributed by atoms with Gasteiger partial charge >= 0.3 is 0 Å². The van der Waals surface area contributed by atoms with Gasteiger partial charge in [-0.3, -0.25) is 5.43 Å². The summed E-state index contributed by atoms with van der Waals surface area (Å²) in [7, 11) is -8.00. The summed E-state index contributed by atoms with van der Waals surface area (Å²) in [6.07, 6.45) is 0.872. The van der Waals surface area contributed by atoms with E-state index in [4.69, 9.17) is 5.73 Å². The van der Waals surface area contributed by atoms with Crippen molar-refractivity contribution in [1.29, 1.82) is 0 Å². The van der Waals surface area contributed by atoms with E-state index in [-0.39, 0.29) is 10.0 Å². The van der Waals surface area contributed by atoms with E-state index in [0.717, 1.165) is 18.4 Å². The van der Waals surface area contributed by atoms with Gasteiger partial charge in [0.05, 0.1) is 4.90 Å². The van der Waals surface area contributed by atoms with Crippen LogP contribution in [0.4, 0.5) is 4.39 Å². The fourth-order valence-electron chi connectivity index (χ4n) is 1.09. The third kappa shape index (κ3) is 4.09. The number of hydrazine groups is 1. The van der Waals surface area contributed by atoms with Gasteiger partial charge in [-0.05, 0) is 30.4 Å². The fraction of sp³-hybridized carbons (Fsp3) is 0.125. The van der Waals surface area contributed by atoms with Crippen LogP contribution >= 0.6 is 12.2 Å². The average molecular weight is 327 g/mol. The summed E-state index contributed by atoms with van der Waals surface area (Å²) in [4.78, 5) is 0.552. The van der Waals surface area contributed by atoms with E-state index in [1.54, 1.807) is 4.83 Å². The minimum Gasteiger partial charge on any atom is -0.375 e. The van der Waals surface area contributed by atoms with E-state index in [1.165, 1.54) is 0 Å². The summed E-state index contributed by atoms with van der Waals surface area (Å²) >= 11 is 4.38. The topological polar surface area (TPSA) is 118 Å². The summed E-state index contributed by atoms with van der Waals surface area (Å²) < 4.78 is 59.5. The van der Waals surface area contributed by atoms with Crippen molar-refractivity contribution < 1.29 is 21.2 Å². The molecule has 0 spiro atoms. The van der Waals surface area contributed by atoms with Crippen molar-refractivity contribution in [2.45, 2.75) is 9.79 Å². The van der Waals surface area contributed by atoms with Gasteiger partial charge in [-0.1, -0.05) is 0 Å². The van der Waals surface area contributed by atoms with Crippen molar-refractivity contribution in [2.75, 3.05) is 6.26 Å². The van der Waals surface area contributed by atoms with Crippen molar-refractivity contribution in [3.8, 4) is 0 Å². The van der Waals surface area contributed by atoms with Gasteiger partial charge in [0.2, 0.25) is 0 Å². The standard InChI is InChI=1S/C8H10FN3O4S3/c1-18(13,14)5-2-3-6(9)7(4-5)19(15,16)12-11-8(10)17/h2-4,12H,1H3,(H3,10,11,17). The SMILES string of the molecule is CS(=O)(=O)c1ccc(F)c(S(=O)(=O)NNC(N)=S)c1. The fourth-order valence-corrected chi connectivity index (χ4v) is 2.89. The molecular weight excluding hydrogens is 317 g/mol. The molecule has 0 bridgehead atoms. The van der Waals surface area contributed by atoms with E-state index in [1.807, 2.05) is 5.43 Å². The molecule has 19 heavy (non-hydrogen) atoms. The Balaban J connectivity index is 3.30. The number of thiocarbonyl (C=S) groups is 1. The van der Waals surface area contributed by atoms with Gasteiger partial charge in [-0.15, -0.1) is 4.83 Å². The molecule has 11 heteroatoms. The first-order valence-corrected chi connectivity index (χ1v) is 8.39. The number of sulfonamides is 1. The molecule has 4 N–H and O–H groups in total. The van der Waals surface area contributed by atoms with Crippen LogP contribution in [-0.4, -0.2) is 28.2 Å². The maximum atomic E-state index is 13.5. The first-order valence-electron chi connectivity index (χ1n) is 4.61. The third-order valence-corrected chi connectivity index (χ3v) is 4.40. The molecule has 0 radical (unpaired) electrons. The molecule has 0 amide bonds. The highest BCUT2D eigenvalue weighted by molar-refractivity contribution is 7.91. The molecule has 0 unspecified atom stereocenters. The van der Waals surface area contributed by atoms with Crippen LogP contribution in [0.2, 0.25) is 0 Å². The lowest BCUT2D eigenvalue weighted by Gasteiger charge is -2.09. The van der Waals surface area contributed by atoms with Gasteiger partial charge in [0, 0.05) is 6.26 Å². The summed E-state index contributed by atoms with van der Waals surface area (Å²) in [6, 6.07) is 2.41. The second kappa shape index (κ2) is 5.36. The lowest BCUT2D eigenvalue weighted by atomic mass is 10.3. The first kappa shape index (κ1) is 15.8. The smallest absolute Gasteiger partial charge is 0.260 e. The van der Waals surface area contributed by atoms with Crippen LogP contribution in [0.25, 0.3) is 0 Å². The highest BCUT2D eigenvalue weighted by Crippen LogP contribution is 2.19. The minimum absolute atomic E-state index is 0.329. The van der Waals surface area contributed by atoms with Crippen LogP contribution in [0.3, 0.4) is 0 Å². The molecule has 0 atom stereocenters. The average Bonchev–Trinajstić information content (AvgIpc) is 2.25. The Hall–Kier alpha value is -1.30. The molecule has 0 aliphatic heterocycles. The van der Waals surface area contributed by atoms with Crippen LogP contribution in [0, 0.1) is 5.82 Å². The van der Waals surface area contributed by atoms with Crippen LogP contribution in [-0.2, 0) is 19.9 Å². The molecule has 1 aromatic carbocycles. The van der Waals surface area contributed by atoms with Crippen molar-refractivity contribution in [3.05, 3.63) is 24.0 Å². The molecule has 0 saturated carbocycles. The molecule has 1 aromatic rings. The summed E-state index contributed by atoms with van der Waals surface area (Å²) in [5, 5.41) is -0.372. The number of hydrogen-bond acceptors (Lipinski definition) is 5. The molecular formula is C8H10FN3O4S3. The number of benzene rings is 1. The summed E-state index contributed by atoms with van der Waals surface area (Å²) in [5.41, 5.74) is 6.94.